The molecular formula is C37H50ClN3O3. The Balaban J connectivity index is 0.00000104. The van der Waals surface area contributed by atoms with Crippen molar-refractivity contribution in [2.75, 3.05) is 37.0 Å². The van der Waals surface area contributed by atoms with E-state index in [9.17, 15) is 4.79 Å². The summed E-state index contributed by atoms with van der Waals surface area (Å²) in [6.45, 7) is 8.10. The van der Waals surface area contributed by atoms with E-state index in [-0.39, 0.29) is 18.1 Å². The summed E-state index contributed by atoms with van der Waals surface area (Å²) in [7, 11) is 3.82. The topological polar surface area (TPSA) is 68.0 Å². The second-order valence-corrected chi connectivity index (χ2v) is 12.6. The van der Waals surface area contributed by atoms with Crippen LogP contribution in [0.4, 0.5) is 11.4 Å². The standard InChI is InChI=1S/C34H41ClN2O3.C3H9N/c1-5-23(2)40-32-21-30-26(19-31(32)39-4)20-33(38)37(34(30)25-11-13-27(35)14-12-25)29-17-15-28(16-18-29)36(3)22-24-9-7-6-8-10-24;1-2-3-4/h11-19,21,23-24,34H,5-10,20,22H2,1-4H3;2-4H2,1H3/t23-,34?;/m1./s1. The minimum absolute atomic E-state index is 0.0420. The first-order valence-electron chi connectivity index (χ1n) is 16.3. The molecule has 2 aliphatic rings. The number of anilines is 2. The van der Waals surface area contributed by atoms with Gasteiger partial charge in [0, 0.05) is 30.0 Å². The average Bonchev–Trinajstić information content (AvgIpc) is 3.05. The minimum atomic E-state index is -0.315. The Kier molecular flexibility index (Phi) is 12.4. The number of nitrogens with two attached hydrogens (primary N) is 1. The fraction of sp³-hybridized carbons (Fsp3) is 0.486. The van der Waals surface area contributed by atoms with Crippen LogP contribution in [0.3, 0.4) is 0 Å². The number of benzene rings is 3. The molecule has 7 heteroatoms. The third-order valence-corrected chi connectivity index (χ3v) is 9.04. The molecule has 3 aromatic carbocycles. The Morgan fingerprint density at radius 1 is 1.00 bits per heavy atom. The third kappa shape index (κ3) is 8.28. The van der Waals surface area contributed by atoms with Crippen LogP contribution >= 0.6 is 11.6 Å². The summed E-state index contributed by atoms with van der Waals surface area (Å²) in [5.74, 6) is 2.16. The first kappa shape index (κ1) is 33.7. The van der Waals surface area contributed by atoms with Crippen molar-refractivity contribution >= 4 is 28.9 Å². The number of carbonyl (C=O) groups is 1. The molecule has 1 saturated carbocycles. The predicted molar refractivity (Wildman–Crippen MR) is 183 cm³/mol. The van der Waals surface area contributed by atoms with Gasteiger partial charge in [0.05, 0.1) is 25.7 Å². The molecule has 0 aromatic heterocycles. The van der Waals surface area contributed by atoms with Gasteiger partial charge in [-0.1, -0.05) is 56.8 Å². The van der Waals surface area contributed by atoms with Gasteiger partial charge in [0.25, 0.3) is 0 Å². The summed E-state index contributed by atoms with van der Waals surface area (Å²) in [6.07, 6.45) is 9.02. The number of hydrogen-bond acceptors (Lipinski definition) is 5. The molecule has 238 valence electrons. The maximum absolute atomic E-state index is 13.8. The molecule has 0 saturated heterocycles. The number of ether oxygens (including phenoxy) is 2. The van der Waals surface area contributed by atoms with E-state index in [1.807, 2.05) is 35.2 Å². The van der Waals surface area contributed by atoms with Crippen LogP contribution in [0.25, 0.3) is 0 Å². The van der Waals surface area contributed by atoms with Crippen LogP contribution in [0.2, 0.25) is 5.02 Å². The molecule has 5 rings (SSSR count). The number of amides is 1. The van der Waals surface area contributed by atoms with Crippen LogP contribution < -0.4 is 25.0 Å². The third-order valence-electron chi connectivity index (χ3n) is 8.79. The van der Waals surface area contributed by atoms with Gasteiger partial charge >= 0.3 is 0 Å². The quantitative estimate of drug-likeness (QED) is 0.246. The van der Waals surface area contributed by atoms with Crippen molar-refractivity contribution in [1.29, 1.82) is 0 Å². The normalized spacial score (nSPS) is 17.3. The summed E-state index contributed by atoms with van der Waals surface area (Å²) >= 11 is 6.27. The predicted octanol–water partition coefficient (Wildman–Crippen LogP) is 8.58. The van der Waals surface area contributed by atoms with Crippen molar-refractivity contribution in [2.45, 2.75) is 84.3 Å². The Morgan fingerprint density at radius 2 is 1.66 bits per heavy atom. The smallest absolute Gasteiger partial charge is 0.232 e. The monoisotopic (exact) mass is 619 g/mol. The summed E-state index contributed by atoms with van der Waals surface area (Å²) in [4.78, 5) is 18.1. The molecule has 1 aliphatic heterocycles. The van der Waals surface area contributed by atoms with Gasteiger partial charge in [-0.15, -0.1) is 0 Å². The van der Waals surface area contributed by atoms with Crippen molar-refractivity contribution < 1.29 is 14.3 Å². The lowest BCUT2D eigenvalue weighted by atomic mass is 9.86. The molecule has 1 amide bonds. The van der Waals surface area contributed by atoms with Crippen molar-refractivity contribution in [2.24, 2.45) is 11.7 Å². The van der Waals surface area contributed by atoms with Gasteiger partial charge < -0.3 is 25.0 Å². The number of methoxy groups -OCH3 is 1. The average molecular weight is 620 g/mol. The van der Waals surface area contributed by atoms with Gasteiger partial charge in [-0.05, 0) is 110 Å². The van der Waals surface area contributed by atoms with Gasteiger partial charge in [0.2, 0.25) is 5.91 Å². The number of fused-ring (bicyclic) bond motifs is 1. The highest BCUT2D eigenvalue weighted by Crippen LogP contribution is 2.44. The Hall–Kier alpha value is -3.22. The first-order chi connectivity index (χ1) is 21.3. The first-order valence-corrected chi connectivity index (χ1v) is 16.6. The van der Waals surface area contributed by atoms with E-state index >= 15 is 0 Å². The van der Waals surface area contributed by atoms with Crippen LogP contribution in [0.15, 0.2) is 60.7 Å². The van der Waals surface area contributed by atoms with E-state index < -0.39 is 0 Å². The molecule has 0 spiro atoms. The van der Waals surface area contributed by atoms with E-state index in [1.54, 1.807) is 7.11 Å². The second-order valence-electron chi connectivity index (χ2n) is 12.1. The maximum atomic E-state index is 13.8. The Bertz CT molecular complexity index is 1340. The lowest BCUT2D eigenvalue weighted by molar-refractivity contribution is -0.118. The van der Waals surface area contributed by atoms with Crippen molar-refractivity contribution in [3.05, 3.63) is 82.4 Å². The number of halogens is 1. The zero-order valence-corrected chi connectivity index (χ0v) is 27.9. The zero-order chi connectivity index (χ0) is 31.6. The molecule has 44 heavy (non-hydrogen) atoms. The van der Waals surface area contributed by atoms with Gasteiger partial charge in [-0.3, -0.25) is 4.79 Å². The van der Waals surface area contributed by atoms with E-state index in [4.69, 9.17) is 26.8 Å². The lowest BCUT2D eigenvalue weighted by Gasteiger charge is -2.38. The Labute approximate surface area is 269 Å². The Morgan fingerprint density at radius 3 is 2.25 bits per heavy atom. The van der Waals surface area contributed by atoms with Crippen molar-refractivity contribution in [1.82, 2.24) is 0 Å². The zero-order valence-electron chi connectivity index (χ0n) is 27.2. The van der Waals surface area contributed by atoms with Crippen LogP contribution in [-0.2, 0) is 11.2 Å². The number of nitrogens with zero attached hydrogens (tertiary/aromatic N) is 2. The molecule has 6 nitrogen and oxygen atoms in total. The van der Waals surface area contributed by atoms with Gasteiger partial charge in [0.1, 0.15) is 0 Å². The van der Waals surface area contributed by atoms with Crippen molar-refractivity contribution in [3.8, 4) is 11.5 Å². The fourth-order valence-electron chi connectivity index (χ4n) is 6.11. The summed E-state index contributed by atoms with van der Waals surface area (Å²) in [5, 5.41) is 0.665. The number of carbonyl (C=O) groups excluding carboxylic acids is 1. The number of rotatable bonds is 10. The molecule has 2 N–H and O–H groups in total. The van der Waals surface area contributed by atoms with E-state index in [1.165, 1.54) is 37.8 Å². The van der Waals surface area contributed by atoms with Crippen LogP contribution in [0.5, 0.6) is 11.5 Å². The van der Waals surface area contributed by atoms with Gasteiger partial charge in [0.15, 0.2) is 11.5 Å². The molecule has 0 bridgehead atoms. The van der Waals surface area contributed by atoms with Crippen LogP contribution in [-0.4, -0.2) is 39.3 Å². The van der Waals surface area contributed by atoms with Crippen molar-refractivity contribution in [3.63, 3.8) is 0 Å². The summed E-state index contributed by atoms with van der Waals surface area (Å²) in [6, 6.07) is 20.0. The fourth-order valence-corrected chi connectivity index (χ4v) is 6.23. The maximum Gasteiger partial charge on any atom is 0.232 e. The molecule has 2 atom stereocenters. The largest absolute Gasteiger partial charge is 0.493 e. The number of hydrogen-bond donors (Lipinski definition) is 1. The minimum Gasteiger partial charge on any atom is -0.493 e. The second kappa shape index (κ2) is 16.2. The lowest BCUT2D eigenvalue weighted by Crippen LogP contribution is -2.41. The summed E-state index contributed by atoms with van der Waals surface area (Å²) in [5.41, 5.74) is 10.1. The van der Waals surface area contributed by atoms with Crippen LogP contribution in [0, 0.1) is 5.92 Å². The van der Waals surface area contributed by atoms with E-state index in [0.717, 1.165) is 54.2 Å². The van der Waals surface area contributed by atoms with E-state index in [2.05, 4.69) is 63.1 Å². The highest BCUT2D eigenvalue weighted by Gasteiger charge is 2.36. The van der Waals surface area contributed by atoms with E-state index in [0.29, 0.717) is 22.9 Å². The highest BCUT2D eigenvalue weighted by atomic mass is 35.5. The molecule has 1 fully saturated rings. The molecule has 3 aromatic rings. The molecule has 1 aliphatic carbocycles. The molecule has 1 heterocycles. The highest BCUT2D eigenvalue weighted by molar-refractivity contribution is 6.30. The molecule has 0 radical (unpaired) electrons. The SMILES string of the molecule is CCCN.CC[C@@H](C)Oc1cc2c(cc1OC)CC(=O)N(c1ccc(N(C)CC3CCCCC3)cc1)C2c1ccc(Cl)cc1. The van der Waals surface area contributed by atoms with Gasteiger partial charge in [-0.25, -0.2) is 0 Å². The molecular weight excluding hydrogens is 570 g/mol. The molecule has 1 unspecified atom stereocenters. The summed E-state index contributed by atoms with van der Waals surface area (Å²) < 4.78 is 12.0. The van der Waals surface area contributed by atoms with Gasteiger partial charge in [-0.2, -0.15) is 0 Å². The van der Waals surface area contributed by atoms with Crippen LogP contribution in [0.1, 0.15) is 88.4 Å².